The second-order valence-corrected chi connectivity index (χ2v) is 11.4. The number of rotatable bonds is 17. The maximum atomic E-state index is 11.9. The topological polar surface area (TPSA) is 91.3 Å². The minimum atomic E-state index is -0.672. The molecule has 1 fully saturated rings. The van der Waals surface area contributed by atoms with E-state index < -0.39 is 18.5 Å². The third-order valence-corrected chi connectivity index (χ3v) is 7.85. The molecule has 3 rings (SSSR count). The molecule has 2 aromatic carbocycles. The number of hydrogen-bond donors (Lipinski definition) is 1. The van der Waals surface area contributed by atoms with Crippen LogP contribution in [0.4, 0.5) is 0 Å². The summed E-state index contributed by atoms with van der Waals surface area (Å²) in [7, 11) is 0. The van der Waals surface area contributed by atoms with Crippen molar-refractivity contribution in [3.8, 4) is 11.5 Å². The molecule has 1 aliphatic rings. The summed E-state index contributed by atoms with van der Waals surface area (Å²) in [5.74, 6) is 1.61. The van der Waals surface area contributed by atoms with Crippen LogP contribution in [0.15, 0.2) is 85.4 Å². The number of aliphatic hydroxyl groups is 1. The standard InChI is InChI=1S/C36H46O7/c1-5-6-28-9-13-31(14-10-28)32-15-19-34(20-16-32)41-22-21-40-33-17-11-29(12-18-33)7-8-30(24-42-35(38)26(2)3)25-43-36(39)27(4)23-37/h11-12,15-22,28,30-31,37H,2,4-10,13-14,23-25H2,1,3H3/b22-21-. The second-order valence-electron chi connectivity index (χ2n) is 11.4. The maximum Gasteiger partial charge on any atom is 0.335 e. The summed E-state index contributed by atoms with van der Waals surface area (Å²) < 4.78 is 21.9. The van der Waals surface area contributed by atoms with Crippen molar-refractivity contribution in [1.82, 2.24) is 0 Å². The summed E-state index contributed by atoms with van der Waals surface area (Å²) in [6, 6.07) is 16.0. The van der Waals surface area contributed by atoms with Gasteiger partial charge in [0.05, 0.1) is 25.4 Å². The Kier molecular flexibility index (Phi) is 14.1. The molecular formula is C36H46O7. The first kappa shape index (κ1) is 33.7. The lowest BCUT2D eigenvalue weighted by Crippen LogP contribution is -2.22. The predicted molar refractivity (Wildman–Crippen MR) is 168 cm³/mol. The van der Waals surface area contributed by atoms with Crippen LogP contribution in [0.2, 0.25) is 0 Å². The summed E-state index contributed by atoms with van der Waals surface area (Å²) in [5, 5.41) is 9.07. The van der Waals surface area contributed by atoms with Gasteiger partial charge >= 0.3 is 11.9 Å². The van der Waals surface area contributed by atoms with E-state index in [1.807, 2.05) is 36.4 Å². The molecule has 1 atom stereocenters. The Morgan fingerprint density at radius 3 is 1.98 bits per heavy atom. The van der Waals surface area contributed by atoms with Crippen molar-refractivity contribution in [3.63, 3.8) is 0 Å². The molecule has 1 saturated carbocycles. The van der Waals surface area contributed by atoms with E-state index in [0.29, 0.717) is 30.1 Å². The van der Waals surface area contributed by atoms with Gasteiger partial charge in [-0.15, -0.1) is 0 Å². The SMILES string of the molecule is C=C(C)C(=O)OCC(CCc1ccc(O/C=C\Oc2ccc(C3CCC(CCC)CC3)cc2)cc1)COC(=O)C(=C)CO. The number of carbonyl (C=O) groups excluding carboxylic acids is 2. The van der Waals surface area contributed by atoms with Crippen molar-refractivity contribution in [2.24, 2.45) is 11.8 Å². The summed E-state index contributed by atoms with van der Waals surface area (Å²) in [4.78, 5) is 23.7. The van der Waals surface area contributed by atoms with Gasteiger partial charge in [0.15, 0.2) is 0 Å². The van der Waals surface area contributed by atoms with E-state index in [1.54, 1.807) is 6.92 Å². The molecule has 0 amide bonds. The average molecular weight is 591 g/mol. The predicted octanol–water partition coefficient (Wildman–Crippen LogP) is 7.45. The van der Waals surface area contributed by atoms with Gasteiger partial charge in [0.25, 0.3) is 0 Å². The number of aliphatic hydroxyl groups excluding tert-OH is 1. The minimum Gasteiger partial charge on any atom is -0.462 e. The lowest BCUT2D eigenvalue weighted by Gasteiger charge is -2.28. The first-order valence-electron chi connectivity index (χ1n) is 15.2. The molecule has 0 aliphatic heterocycles. The van der Waals surface area contributed by atoms with Crippen LogP contribution in [-0.2, 0) is 25.5 Å². The first-order valence-corrected chi connectivity index (χ1v) is 15.2. The Bertz CT molecular complexity index is 1210. The molecule has 7 heteroatoms. The largest absolute Gasteiger partial charge is 0.462 e. The maximum absolute atomic E-state index is 11.9. The van der Waals surface area contributed by atoms with Gasteiger partial charge in [-0.3, -0.25) is 0 Å². The number of esters is 2. The smallest absolute Gasteiger partial charge is 0.335 e. The van der Waals surface area contributed by atoms with Gasteiger partial charge < -0.3 is 24.1 Å². The quantitative estimate of drug-likeness (QED) is 0.116. The Hall–Kier alpha value is -3.84. The molecule has 0 saturated heterocycles. The number of ether oxygens (including phenoxy) is 4. The molecule has 0 radical (unpaired) electrons. The molecule has 1 N–H and O–H groups in total. The average Bonchev–Trinajstić information content (AvgIpc) is 3.03. The fourth-order valence-electron chi connectivity index (χ4n) is 5.22. The zero-order valence-electron chi connectivity index (χ0n) is 25.6. The van der Waals surface area contributed by atoms with Gasteiger partial charge in [0.1, 0.15) is 24.0 Å². The van der Waals surface area contributed by atoms with Gasteiger partial charge in [-0.2, -0.15) is 0 Å². The van der Waals surface area contributed by atoms with Crippen molar-refractivity contribution in [2.75, 3.05) is 19.8 Å². The van der Waals surface area contributed by atoms with Crippen LogP contribution >= 0.6 is 0 Å². The van der Waals surface area contributed by atoms with Gasteiger partial charge in [0, 0.05) is 11.5 Å². The van der Waals surface area contributed by atoms with E-state index in [4.69, 9.17) is 24.1 Å². The van der Waals surface area contributed by atoms with Crippen LogP contribution in [0.5, 0.6) is 11.5 Å². The van der Waals surface area contributed by atoms with Crippen LogP contribution in [0.3, 0.4) is 0 Å². The highest BCUT2D eigenvalue weighted by Crippen LogP contribution is 2.37. The van der Waals surface area contributed by atoms with Crippen molar-refractivity contribution in [2.45, 2.75) is 71.1 Å². The van der Waals surface area contributed by atoms with Crippen molar-refractivity contribution in [3.05, 3.63) is 96.5 Å². The molecule has 0 aromatic heterocycles. The van der Waals surface area contributed by atoms with Crippen molar-refractivity contribution >= 4 is 11.9 Å². The second kappa shape index (κ2) is 18.0. The van der Waals surface area contributed by atoms with Crippen LogP contribution in [-0.4, -0.2) is 36.9 Å². The Morgan fingerprint density at radius 2 is 1.44 bits per heavy atom. The van der Waals surface area contributed by atoms with Gasteiger partial charge in [-0.25, -0.2) is 9.59 Å². The van der Waals surface area contributed by atoms with Crippen LogP contribution in [0, 0.1) is 11.8 Å². The molecular weight excluding hydrogens is 544 g/mol. The van der Waals surface area contributed by atoms with E-state index in [9.17, 15) is 9.59 Å². The Morgan fingerprint density at radius 1 is 0.884 bits per heavy atom. The van der Waals surface area contributed by atoms with E-state index in [1.165, 1.54) is 56.6 Å². The van der Waals surface area contributed by atoms with Crippen molar-refractivity contribution in [1.29, 1.82) is 0 Å². The lowest BCUT2D eigenvalue weighted by atomic mass is 9.77. The molecule has 43 heavy (non-hydrogen) atoms. The molecule has 0 spiro atoms. The molecule has 7 nitrogen and oxygen atoms in total. The number of carbonyl (C=O) groups is 2. The van der Waals surface area contributed by atoms with Crippen LogP contribution in [0.1, 0.15) is 75.8 Å². The zero-order chi connectivity index (χ0) is 31.0. The first-order chi connectivity index (χ1) is 20.8. The highest BCUT2D eigenvalue weighted by molar-refractivity contribution is 5.88. The fourth-order valence-corrected chi connectivity index (χ4v) is 5.22. The highest BCUT2D eigenvalue weighted by Gasteiger charge is 2.22. The van der Waals surface area contributed by atoms with Gasteiger partial charge in [-0.05, 0) is 92.7 Å². The zero-order valence-corrected chi connectivity index (χ0v) is 25.6. The summed E-state index contributed by atoms with van der Waals surface area (Å²) in [6.07, 6.45) is 12.2. The summed E-state index contributed by atoms with van der Waals surface area (Å²) in [5.41, 5.74) is 2.72. The molecule has 2 aromatic rings. The number of benzene rings is 2. The molecule has 1 unspecified atom stereocenters. The van der Waals surface area contributed by atoms with E-state index in [0.717, 1.165) is 17.2 Å². The van der Waals surface area contributed by atoms with E-state index in [2.05, 4.69) is 32.2 Å². The molecule has 0 heterocycles. The normalized spacial score (nSPS) is 17.2. The summed E-state index contributed by atoms with van der Waals surface area (Å²) >= 11 is 0. The van der Waals surface area contributed by atoms with Crippen LogP contribution < -0.4 is 9.47 Å². The minimum absolute atomic E-state index is 0.0271. The highest BCUT2D eigenvalue weighted by atomic mass is 16.5. The Labute approximate surface area is 256 Å². The number of hydrogen-bond acceptors (Lipinski definition) is 7. The monoisotopic (exact) mass is 590 g/mol. The van der Waals surface area contributed by atoms with Crippen LogP contribution in [0.25, 0.3) is 0 Å². The van der Waals surface area contributed by atoms with E-state index in [-0.39, 0.29) is 24.7 Å². The number of aryl methyl sites for hydroxylation is 1. The Balaban J connectivity index is 1.43. The van der Waals surface area contributed by atoms with E-state index >= 15 is 0 Å². The summed E-state index contributed by atoms with van der Waals surface area (Å²) in [6.45, 7) is 10.6. The molecule has 0 bridgehead atoms. The van der Waals surface area contributed by atoms with Gasteiger partial charge in [-0.1, -0.05) is 57.2 Å². The lowest BCUT2D eigenvalue weighted by molar-refractivity contribution is -0.144. The van der Waals surface area contributed by atoms with Gasteiger partial charge in [0.2, 0.25) is 0 Å². The van der Waals surface area contributed by atoms with Crippen molar-refractivity contribution < 1.29 is 33.6 Å². The third kappa shape index (κ3) is 11.8. The molecule has 1 aliphatic carbocycles. The molecule has 232 valence electrons. The fraction of sp³-hybridized carbons (Fsp3) is 0.444. The third-order valence-electron chi connectivity index (χ3n) is 7.85.